The molecule has 1 aromatic rings. The molecule has 0 atom stereocenters. The first-order valence-corrected chi connectivity index (χ1v) is 6.31. The van der Waals surface area contributed by atoms with Crippen molar-refractivity contribution in [3.8, 4) is 0 Å². The van der Waals surface area contributed by atoms with E-state index in [1.54, 1.807) is 0 Å². The number of rotatable bonds is 4. The minimum atomic E-state index is -5.27. The fourth-order valence-corrected chi connectivity index (χ4v) is 1.89. The van der Waals surface area contributed by atoms with Gasteiger partial charge in [-0.25, -0.2) is 8.42 Å². The monoisotopic (exact) mass is 283 g/mol. The highest BCUT2D eigenvalue weighted by Gasteiger charge is 2.44. The number of nitro groups is 1. The molecule has 0 spiro atoms. The molecule has 0 aliphatic rings. The second kappa shape index (κ2) is 4.92. The maximum Gasteiger partial charge on any atom is 0.497 e. The molecule has 0 heterocycles. The Morgan fingerprint density at radius 3 is 2.06 bits per heavy atom. The minimum absolute atomic E-state index is 0.211. The van der Waals surface area contributed by atoms with Gasteiger partial charge in [-0.15, -0.1) is 0 Å². The van der Waals surface area contributed by atoms with E-state index in [1.165, 1.54) is 12.1 Å². The van der Waals surface area contributed by atoms with Gasteiger partial charge in [-0.3, -0.25) is 10.1 Å². The lowest BCUT2D eigenvalue weighted by atomic mass is 10.1. The normalized spacial score (nSPS) is 12.4. The van der Waals surface area contributed by atoms with Crippen LogP contribution in [0.3, 0.4) is 0 Å². The van der Waals surface area contributed by atoms with E-state index >= 15 is 0 Å². The molecule has 0 saturated heterocycles. The number of nitro benzene ring substituents is 1. The lowest BCUT2D eigenvalue weighted by molar-refractivity contribution is -0.384. The van der Waals surface area contributed by atoms with Crippen LogP contribution in [0, 0.1) is 10.1 Å². The van der Waals surface area contributed by atoms with Gasteiger partial charge in [0.25, 0.3) is 5.69 Å². The van der Waals surface area contributed by atoms with Gasteiger partial charge in [0.05, 0.1) is 10.7 Å². The van der Waals surface area contributed by atoms with Crippen molar-refractivity contribution in [3.63, 3.8) is 0 Å². The summed E-state index contributed by atoms with van der Waals surface area (Å²) in [5, 5.41) is 10.3. The summed E-state index contributed by atoms with van der Waals surface area (Å²) < 4.78 is 57.6. The summed E-state index contributed by atoms with van der Waals surface area (Å²) in [6.07, 6.45) is -0.347. The van der Waals surface area contributed by atoms with Crippen molar-refractivity contribution < 1.29 is 26.5 Å². The average Bonchev–Trinajstić information content (AvgIpc) is 2.25. The van der Waals surface area contributed by atoms with Crippen LogP contribution in [0.5, 0.6) is 0 Å². The third-order valence-corrected chi connectivity index (χ3v) is 3.61. The molecule has 0 N–H and O–H groups in total. The summed E-state index contributed by atoms with van der Waals surface area (Å²) in [5.41, 5.74) is -5.20. The molecule has 9 heteroatoms. The molecule has 0 amide bonds. The maximum absolute atomic E-state index is 12.0. The second-order valence-corrected chi connectivity index (χ2v) is 5.54. The predicted octanol–water partition coefficient (Wildman–Crippen LogP) is 2.07. The van der Waals surface area contributed by atoms with Crippen LogP contribution >= 0.6 is 0 Å². The highest BCUT2D eigenvalue weighted by molar-refractivity contribution is 7.92. The SMILES string of the molecule is O=[N+]([O-])c1ccc(CCS(=O)(=O)C(F)(F)F)cc1. The molecule has 0 aliphatic carbocycles. The smallest absolute Gasteiger partial charge is 0.258 e. The van der Waals surface area contributed by atoms with E-state index in [-0.39, 0.29) is 17.7 Å². The van der Waals surface area contributed by atoms with E-state index in [2.05, 4.69) is 0 Å². The Morgan fingerprint density at radius 1 is 1.17 bits per heavy atom. The van der Waals surface area contributed by atoms with Gasteiger partial charge in [-0.05, 0) is 12.0 Å². The number of sulfone groups is 1. The van der Waals surface area contributed by atoms with Crippen molar-refractivity contribution >= 4 is 15.5 Å². The molecule has 1 aromatic carbocycles. The Morgan fingerprint density at radius 2 is 1.67 bits per heavy atom. The number of halogens is 3. The van der Waals surface area contributed by atoms with Crippen molar-refractivity contribution in [2.45, 2.75) is 11.9 Å². The summed E-state index contributed by atoms with van der Waals surface area (Å²) in [6.45, 7) is 0. The summed E-state index contributed by atoms with van der Waals surface area (Å²) in [4.78, 5) is 9.67. The summed E-state index contributed by atoms with van der Waals surface area (Å²) in [7, 11) is -5.16. The van der Waals surface area contributed by atoms with Gasteiger partial charge in [0.15, 0.2) is 0 Å². The molecular formula is C9H8F3NO4S. The van der Waals surface area contributed by atoms with Gasteiger partial charge in [0.1, 0.15) is 0 Å². The average molecular weight is 283 g/mol. The number of non-ortho nitro benzene ring substituents is 1. The van der Waals surface area contributed by atoms with Gasteiger partial charge in [-0.1, -0.05) is 12.1 Å². The third kappa shape index (κ3) is 3.42. The first kappa shape index (κ1) is 14.4. The fourth-order valence-electron chi connectivity index (χ4n) is 1.15. The summed E-state index contributed by atoms with van der Waals surface area (Å²) >= 11 is 0. The number of benzene rings is 1. The molecule has 0 unspecified atom stereocenters. The zero-order valence-electron chi connectivity index (χ0n) is 8.85. The van der Waals surface area contributed by atoms with Gasteiger partial charge in [0, 0.05) is 12.1 Å². The molecule has 0 saturated carbocycles. The molecule has 0 radical (unpaired) electrons. The molecule has 18 heavy (non-hydrogen) atoms. The van der Waals surface area contributed by atoms with Crippen LogP contribution in [0.4, 0.5) is 18.9 Å². The largest absolute Gasteiger partial charge is 0.497 e. The fraction of sp³-hybridized carbons (Fsp3) is 0.333. The van der Waals surface area contributed by atoms with Crippen molar-refractivity contribution in [3.05, 3.63) is 39.9 Å². The maximum atomic E-state index is 12.0. The molecular weight excluding hydrogens is 275 g/mol. The Balaban J connectivity index is 2.74. The Bertz CT molecular complexity index is 536. The number of aryl methyl sites for hydroxylation is 1. The minimum Gasteiger partial charge on any atom is -0.258 e. The van der Waals surface area contributed by atoms with Crippen LogP contribution in [-0.2, 0) is 16.3 Å². The van der Waals surface area contributed by atoms with E-state index in [0.29, 0.717) is 0 Å². The molecule has 0 aromatic heterocycles. The number of hydrogen-bond acceptors (Lipinski definition) is 4. The van der Waals surface area contributed by atoms with Crippen LogP contribution in [-0.4, -0.2) is 24.6 Å². The van der Waals surface area contributed by atoms with Crippen LogP contribution in [0.2, 0.25) is 0 Å². The number of nitrogens with zero attached hydrogens (tertiary/aromatic N) is 1. The third-order valence-electron chi connectivity index (χ3n) is 2.16. The molecule has 5 nitrogen and oxygen atoms in total. The molecule has 0 fully saturated rings. The van der Waals surface area contributed by atoms with Crippen molar-refractivity contribution in [2.75, 3.05) is 5.75 Å². The standard InChI is InChI=1S/C9H8F3NO4S/c10-9(11,12)18(16,17)6-5-7-1-3-8(4-2-7)13(14)15/h1-4H,5-6H2. The topological polar surface area (TPSA) is 77.3 Å². The Labute approximate surface area is 100 Å². The number of hydrogen-bond donors (Lipinski definition) is 0. The summed E-state index contributed by atoms with van der Waals surface area (Å²) in [6, 6.07) is 4.67. The van der Waals surface area contributed by atoms with E-state index in [4.69, 9.17) is 0 Å². The second-order valence-electron chi connectivity index (χ2n) is 3.44. The van der Waals surface area contributed by atoms with Crippen molar-refractivity contribution in [2.24, 2.45) is 0 Å². The van der Waals surface area contributed by atoms with Crippen molar-refractivity contribution in [1.82, 2.24) is 0 Å². The quantitative estimate of drug-likeness (QED) is 0.626. The van der Waals surface area contributed by atoms with E-state index in [1.807, 2.05) is 0 Å². The Hall–Kier alpha value is -1.64. The summed E-state index contributed by atoms with van der Waals surface area (Å²) in [5.74, 6) is -1.08. The molecule has 0 aliphatic heterocycles. The van der Waals surface area contributed by atoms with Gasteiger partial charge >= 0.3 is 5.51 Å². The molecule has 1 rings (SSSR count). The van der Waals surface area contributed by atoms with Gasteiger partial charge < -0.3 is 0 Å². The highest BCUT2D eigenvalue weighted by atomic mass is 32.2. The van der Waals surface area contributed by atoms with E-state index < -0.39 is 26.0 Å². The zero-order chi connectivity index (χ0) is 14.0. The first-order chi connectivity index (χ1) is 8.13. The van der Waals surface area contributed by atoms with Crippen LogP contribution < -0.4 is 0 Å². The van der Waals surface area contributed by atoms with E-state index in [9.17, 15) is 31.7 Å². The lowest BCUT2D eigenvalue weighted by Crippen LogP contribution is -2.26. The van der Waals surface area contributed by atoms with Crippen LogP contribution in [0.1, 0.15) is 5.56 Å². The Kier molecular flexibility index (Phi) is 3.95. The van der Waals surface area contributed by atoms with Crippen LogP contribution in [0.25, 0.3) is 0 Å². The van der Waals surface area contributed by atoms with Gasteiger partial charge in [0.2, 0.25) is 9.84 Å². The van der Waals surface area contributed by atoms with Crippen molar-refractivity contribution in [1.29, 1.82) is 0 Å². The zero-order valence-corrected chi connectivity index (χ0v) is 9.66. The van der Waals surface area contributed by atoms with Crippen LogP contribution in [0.15, 0.2) is 24.3 Å². The number of alkyl halides is 3. The highest BCUT2D eigenvalue weighted by Crippen LogP contribution is 2.24. The molecule has 100 valence electrons. The first-order valence-electron chi connectivity index (χ1n) is 4.66. The van der Waals surface area contributed by atoms with E-state index in [0.717, 1.165) is 12.1 Å². The van der Waals surface area contributed by atoms with Gasteiger partial charge in [-0.2, -0.15) is 13.2 Å². The molecule has 0 bridgehead atoms. The lowest BCUT2D eigenvalue weighted by Gasteiger charge is -2.07. The predicted molar refractivity (Wildman–Crippen MR) is 56.6 cm³/mol.